The smallest absolute Gasteiger partial charge is 0.220 e. The number of benzene rings is 2. The molecule has 1 heterocycles. The lowest BCUT2D eigenvalue weighted by atomic mass is 10.1. The molecule has 1 aliphatic rings. The maximum atomic E-state index is 12.0. The molecule has 1 aliphatic heterocycles. The monoisotopic (exact) mass is 365 g/mol. The fourth-order valence-electron chi connectivity index (χ4n) is 3.41. The first-order valence-corrected chi connectivity index (χ1v) is 9.98. The van der Waals surface area contributed by atoms with E-state index in [9.17, 15) is 4.79 Å². The number of hydrogen-bond donors (Lipinski definition) is 1. The molecule has 2 aromatic carbocycles. The zero-order valence-corrected chi connectivity index (χ0v) is 16.4. The fourth-order valence-corrected chi connectivity index (χ4v) is 3.41. The zero-order valence-electron chi connectivity index (χ0n) is 16.4. The van der Waals surface area contributed by atoms with E-state index in [0.717, 1.165) is 51.1 Å². The molecule has 3 rings (SSSR count). The van der Waals surface area contributed by atoms with Crippen LogP contribution < -0.4 is 5.32 Å². The number of carbonyl (C=O) groups excluding carboxylic acids is 1. The molecule has 4 heteroatoms. The van der Waals surface area contributed by atoms with Gasteiger partial charge in [0.2, 0.25) is 5.91 Å². The first-order valence-electron chi connectivity index (χ1n) is 9.98. The second kappa shape index (κ2) is 10.2. The van der Waals surface area contributed by atoms with Crippen molar-refractivity contribution in [2.45, 2.75) is 32.4 Å². The third-order valence-corrected chi connectivity index (χ3v) is 5.23. The van der Waals surface area contributed by atoms with E-state index in [4.69, 9.17) is 0 Å². The van der Waals surface area contributed by atoms with Gasteiger partial charge in [-0.1, -0.05) is 54.6 Å². The molecule has 1 N–H and O–H groups in total. The van der Waals surface area contributed by atoms with E-state index in [1.165, 1.54) is 11.1 Å². The van der Waals surface area contributed by atoms with E-state index in [2.05, 4.69) is 58.6 Å². The van der Waals surface area contributed by atoms with E-state index in [-0.39, 0.29) is 5.91 Å². The molecular weight excluding hydrogens is 334 g/mol. The van der Waals surface area contributed by atoms with Gasteiger partial charge < -0.3 is 10.2 Å². The standard InChI is InChI=1S/C23H31N3O/c1-25-14-16-26(17-15-25)19-22-12-10-21(11-13-22)18-24-23(27)9-5-8-20-6-3-2-4-7-20/h2-4,6-7,10-13H,5,8-9,14-19H2,1H3,(H,24,27). The minimum absolute atomic E-state index is 0.132. The van der Waals surface area contributed by atoms with Crippen LogP contribution in [0.4, 0.5) is 0 Å². The highest BCUT2D eigenvalue weighted by Gasteiger charge is 2.13. The van der Waals surface area contributed by atoms with Gasteiger partial charge in [0, 0.05) is 45.7 Å². The van der Waals surface area contributed by atoms with Crippen LogP contribution in [0.15, 0.2) is 54.6 Å². The van der Waals surface area contributed by atoms with Crippen molar-refractivity contribution < 1.29 is 4.79 Å². The zero-order chi connectivity index (χ0) is 18.9. The summed E-state index contributed by atoms with van der Waals surface area (Å²) < 4.78 is 0. The summed E-state index contributed by atoms with van der Waals surface area (Å²) in [4.78, 5) is 16.9. The lowest BCUT2D eigenvalue weighted by Gasteiger charge is -2.32. The molecule has 0 aliphatic carbocycles. The predicted octanol–water partition coefficient (Wildman–Crippen LogP) is 3.07. The molecule has 0 aromatic heterocycles. The number of piperazine rings is 1. The fraction of sp³-hybridized carbons (Fsp3) is 0.435. The van der Waals surface area contributed by atoms with E-state index in [1.54, 1.807) is 0 Å². The maximum Gasteiger partial charge on any atom is 0.220 e. The van der Waals surface area contributed by atoms with E-state index >= 15 is 0 Å². The van der Waals surface area contributed by atoms with Gasteiger partial charge in [0.05, 0.1) is 0 Å². The Labute approximate surface area is 163 Å². The summed E-state index contributed by atoms with van der Waals surface area (Å²) in [6.45, 7) is 6.19. The number of aryl methyl sites for hydroxylation is 1. The molecule has 144 valence electrons. The Morgan fingerprint density at radius 2 is 1.56 bits per heavy atom. The molecule has 0 atom stereocenters. The average Bonchev–Trinajstić information content (AvgIpc) is 2.70. The van der Waals surface area contributed by atoms with Crippen LogP contribution >= 0.6 is 0 Å². The summed E-state index contributed by atoms with van der Waals surface area (Å²) in [6, 6.07) is 19.0. The van der Waals surface area contributed by atoms with E-state index in [1.807, 2.05) is 18.2 Å². The van der Waals surface area contributed by atoms with Crippen molar-refractivity contribution in [1.82, 2.24) is 15.1 Å². The van der Waals surface area contributed by atoms with Crippen molar-refractivity contribution >= 4 is 5.91 Å². The van der Waals surface area contributed by atoms with Crippen LogP contribution in [0.2, 0.25) is 0 Å². The first-order chi connectivity index (χ1) is 13.2. The summed E-state index contributed by atoms with van der Waals surface area (Å²) in [7, 11) is 2.18. The number of nitrogens with one attached hydrogen (secondary N) is 1. The molecule has 1 amide bonds. The molecule has 0 unspecified atom stereocenters. The second-order valence-corrected chi connectivity index (χ2v) is 7.51. The molecule has 1 saturated heterocycles. The van der Waals surface area contributed by atoms with Gasteiger partial charge in [0.1, 0.15) is 0 Å². The van der Waals surface area contributed by atoms with Crippen molar-refractivity contribution in [2.75, 3.05) is 33.2 Å². The summed E-state index contributed by atoms with van der Waals surface area (Å²) in [5, 5.41) is 3.04. The van der Waals surface area contributed by atoms with E-state index < -0.39 is 0 Å². The van der Waals surface area contributed by atoms with Crippen LogP contribution in [0.5, 0.6) is 0 Å². The van der Waals surface area contributed by atoms with Crippen molar-refractivity contribution in [3.8, 4) is 0 Å². The maximum absolute atomic E-state index is 12.0. The largest absolute Gasteiger partial charge is 0.352 e. The highest BCUT2D eigenvalue weighted by molar-refractivity contribution is 5.75. The highest BCUT2D eigenvalue weighted by Crippen LogP contribution is 2.10. The molecule has 27 heavy (non-hydrogen) atoms. The van der Waals surface area contributed by atoms with Gasteiger partial charge in [-0.05, 0) is 36.6 Å². The highest BCUT2D eigenvalue weighted by atomic mass is 16.1. The lowest BCUT2D eigenvalue weighted by Crippen LogP contribution is -2.43. The SMILES string of the molecule is CN1CCN(Cc2ccc(CNC(=O)CCCc3ccccc3)cc2)CC1. The Balaban J connectivity index is 1.35. The van der Waals surface area contributed by atoms with Gasteiger partial charge in [-0.25, -0.2) is 0 Å². The van der Waals surface area contributed by atoms with Crippen molar-refractivity contribution in [3.05, 3.63) is 71.3 Å². The summed E-state index contributed by atoms with van der Waals surface area (Å²) in [6.07, 6.45) is 2.42. The second-order valence-electron chi connectivity index (χ2n) is 7.51. The Bertz CT molecular complexity index is 691. The molecule has 0 radical (unpaired) electrons. The van der Waals surface area contributed by atoms with Crippen LogP contribution in [0.1, 0.15) is 29.5 Å². The minimum atomic E-state index is 0.132. The summed E-state index contributed by atoms with van der Waals surface area (Å²) in [5.74, 6) is 0.132. The van der Waals surface area contributed by atoms with Gasteiger partial charge in [-0.15, -0.1) is 0 Å². The lowest BCUT2D eigenvalue weighted by molar-refractivity contribution is -0.121. The van der Waals surface area contributed by atoms with Gasteiger partial charge in [0.25, 0.3) is 0 Å². The first kappa shape index (κ1) is 19.6. The molecule has 1 fully saturated rings. The summed E-state index contributed by atoms with van der Waals surface area (Å²) >= 11 is 0. The number of hydrogen-bond acceptors (Lipinski definition) is 3. The van der Waals surface area contributed by atoms with Crippen LogP contribution in [-0.2, 0) is 24.3 Å². The Morgan fingerprint density at radius 3 is 2.26 bits per heavy atom. The Hall–Kier alpha value is -2.17. The predicted molar refractivity (Wildman–Crippen MR) is 110 cm³/mol. The van der Waals surface area contributed by atoms with Gasteiger partial charge in [0.15, 0.2) is 0 Å². The van der Waals surface area contributed by atoms with Crippen LogP contribution in [0.25, 0.3) is 0 Å². The Kier molecular flexibility index (Phi) is 7.43. The third-order valence-electron chi connectivity index (χ3n) is 5.23. The van der Waals surface area contributed by atoms with Gasteiger partial charge in [-0.3, -0.25) is 9.69 Å². The van der Waals surface area contributed by atoms with Crippen LogP contribution in [0, 0.1) is 0 Å². The minimum Gasteiger partial charge on any atom is -0.352 e. The van der Waals surface area contributed by atoms with E-state index in [0.29, 0.717) is 13.0 Å². The van der Waals surface area contributed by atoms with Crippen LogP contribution in [-0.4, -0.2) is 48.9 Å². The van der Waals surface area contributed by atoms with Crippen molar-refractivity contribution in [1.29, 1.82) is 0 Å². The molecule has 0 bridgehead atoms. The van der Waals surface area contributed by atoms with Gasteiger partial charge >= 0.3 is 0 Å². The number of nitrogens with zero attached hydrogens (tertiary/aromatic N) is 2. The Morgan fingerprint density at radius 1 is 0.889 bits per heavy atom. The molecule has 4 nitrogen and oxygen atoms in total. The van der Waals surface area contributed by atoms with Crippen molar-refractivity contribution in [2.24, 2.45) is 0 Å². The molecule has 2 aromatic rings. The van der Waals surface area contributed by atoms with Crippen molar-refractivity contribution in [3.63, 3.8) is 0 Å². The quantitative estimate of drug-likeness (QED) is 0.781. The molecule has 0 saturated carbocycles. The average molecular weight is 366 g/mol. The third kappa shape index (κ3) is 6.81. The number of rotatable bonds is 8. The molecular formula is C23H31N3O. The molecule has 0 spiro atoms. The number of likely N-dealkylation sites (N-methyl/N-ethyl adjacent to an activating group) is 1. The van der Waals surface area contributed by atoms with Gasteiger partial charge in [-0.2, -0.15) is 0 Å². The normalized spacial score (nSPS) is 15.6. The summed E-state index contributed by atoms with van der Waals surface area (Å²) in [5.41, 5.74) is 3.80. The van der Waals surface area contributed by atoms with Crippen LogP contribution in [0.3, 0.4) is 0 Å². The topological polar surface area (TPSA) is 35.6 Å². The number of amides is 1. The number of carbonyl (C=O) groups is 1.